The smallest absolute Gasteiger partial charge is 0.244 e. The summed E-state index contributed by atoms with van der Waals surface area (Å²) >= 11 is 12.1. The maximum absolute atomic E-state index is 12.5. The van der Waals surface area contributed by atoms with Crippen LogP contribution in [0.4, 0.5) is 5.69 Å². The van der Waals surface area contributed by atoms with Gasteiger partial charge in [-0.3, -0.25) is 9.59 Å². The number of carbonyl (C=O) groups is 2. The van der Waals surface area contributed by atoms with Gasteiger partial charge in [0.2, 0.25) is 11.8 Å². The van der Waals surface area contributed by atoms with Crippen molar-refractivity contribution in [2.75, 3.05) is 18.4 Å². The molecule has 0 aromatic heterocycles. The summed E-state index contributed by atoms with van der Waals surface area (Å²) in [6, 6.07) is 5.01. The maximum Gasteiger partial charge on any atom is 0.244 e. The molecule has 6 heteroatoms. The number of benzene rings is 1. The second kappa shape index (κ2) is 8.37. The highest BCUT2D eigenvalue weighted by molar-refractivity contribution is 6.39. The molecule has 0 fully saturated rings. The van der Waals surface area contributed by atoms with Gasteiger partial charge in [0, 0.05) is 12.5 Å². The van der Waals surface area contributed by atoms with Crippen LogP contribution in [0.2, 0.25) is 10.0 Å². The summed E-state index contributed by atoms with van der Waals surface area (Å²) in [5.74, 6) is -0.310. The number of amides is 2. The summed E-state index contributed by atoms with van der Waals surface area (Å²) in [6.45, 7) is 2.35. The van der Waals surface area contributed by atoms with Gasteiger partial charge in [0.05, 0.1) is 22.3 Å². The number of allylic oxidation sites excluding steroid dienone is 2. The van der Waals surface area contributed by atoms with E-state index in [-0.39, 0.29) is 24.3 Å². The molecule has 0 aliphatic heterocycles. The number of hydrogen-bond acceptors (Lipinski definition) is 2. The molecule has 23 heavy (non-hydrogen) atoms. The van der Waals surface area contributed by atoms with Crippen LogP contribution < -0.4 is 5.32 Å². The van der Waals surface area contributed by atoms with E-state index in [0.717, 1.165) is 19.3 Å². The number of para-hydroxylation sites is 1. The lowest BCUT2D eigenvalue weighted by Crippen LogP contribution is -2.41. The molecule has 0 radical (unpaired) electrons. The molecule has 1 atom stereocenters. The zero-order valence-corrected chi connectivity index (χ0v) is 14.5. The summed E-state index contributed by atoms with van der Waals surface area (Å²) in [6.07, 6.45) is 6.61. The number of rotatable bonds is 5. The largest absolute Gasteiger partial charge is 0.333 e. The number of nitrogens with one attached hydrogen (secondary N) is 1. The van der Waals surface area contributed by atoms with Gasteiger partial charge in [-0.15, -0.1) is 0 Å². The first-order valence-electron chi connectivity index (χ1n) is 7.70. The Morgan fingerprint density at radius 3 is 2.52 bits per heavy atom. The van der Waals surface area contributed by atoms with Crippen LogP contribution in [0.1, 0.15) is 26.2 Å². The van der Waals surface area contributed by atoms with E-state index in [1.807, 2.05) is 13.0 Å². The quantitative estimate of drug-likeness (QED) is 0.807. The van der Waals surface area contributed by atoms with Crippen molar-refractivity contribution in [3.8, 4) is 0 Å². The molecule has 0 spiro atoms. The van der Waals surface area contributed by atoms with Crippen molar-refractivity contribution in [2.24, 2.45) is 5.92 Å². The van der Waals surface area contributed by atoms with E-state index < -0.39 is 0 Å². The molecular formula is C17H20Cl2N2O2. The number of carbonyl (C=O) groups excluding carboxylic acids is 2. The minimum atomic E-state index is -0.304. The summed E-state index contributed by atoms with van der Waals surface area (Å²) in [5, 5.41) is 3.44. The second-order valence-corrected chi connectivity index (χ2v) is 6.29. The Balaban J connectivity index is 1.99. The fourth-order valence-corrected chi connectivity index (χ4v) is 3.08. The van der Waals surface area contributed by atoms with E-state index >= 15 is 0 Å². The summed E-state index contributed by atoms with van der Waals surface area (Å²) in [4.78, 5) is 26.3. The fourth-order valence-electron chi connectivity index (χ4n) is 2.59. The zero-order chi connectivity index (χ0) is 16.8. The van der Waals surface area contributed by atoms with Crippen LogP contribution in [-0.2, 0) is 9.59 Å². The van der Waals surface area contributed by atoms with Crippen LogP contribution in [0, 0.1) is 5.92 Å². The van der Waals surface area contributed by atoms with Gasteiger partial charge in [-0.25, -0.2) is 0 Å². The third kappa shape index (κ3) is 4.72. The molecule has 1 aromatic rings. The first kappa shape index (κ1) is 17.8. The standard InChI is InChI=1S/C17H20Cl2N2O2/c1-2-21(17(23)12-7-4-3-5-8-12)11-15(22)20-16-13(18)9-6-10-14(16)19/h3-4,6,9-10,12H,2,5,7-8,11H2,1H3,(H,20,22)/t12-/m1/s1. The monoisotopic (exact) mass is 354 g/mol. The number of hydrogen-bond donors (Lipinski definition) is 1. The molecule has 0 saturated heterocycles. The first-order chi connectivity index (χ1) is 11.0. The van der Waals surface area contributed by atoms with E-state index in [0.29, 0.717) is 22.3 Å². The minimum absolute atomic E-state index is 0.00288. The normalized spacial score (nSPS) is 16.9. The molecule has 0 saturated carbocycles. The van der Waals surface area contributed by atoms with E-state index in [1.165, 1.54) is 0 Å². The molecule has 2 rings (SSSR count). The highest BCUT2D eigenvalue weighted by Crippen LogP contribution is 2.29. The number of nitrogens with zero attached hydrogens (tertiary/aromatic N) is 1. The zero-order valence-electron chi connectivity index (χ0n) is 13.0. The molecular weight excluding hydrogens is 335 g/mol. The van der Waals surface area contributed by atoms with Crippen molar-refractivity contribution in [3.05, 3.63) is 40.4 Å². The van der Waals surface area contributed by atoms with Gasteiger partial charge >= 0.3 is 0 Å². The average molecular weight is 355 g/mol. The van der Waals surface area contributed by atoms with Crippen molar-refractivity contribution in [1.29, 1.82) is 0 Å². The van der Waals surface area contributed by atoms with E-state index in [2.05, 4.69) is 11.4 Å². The van der Waals surface area contributed by atoms with Crippen molar-refractivity contribution in [3.63, 3.8) is 0 Å². The number of anilines is 1. The molecule has 1 aliphatic carbocycles. The number of halogens is 2. The molecule has 1 aromatic carbocycles. The molecule has 124 valence electrons. The van der Waals surface area contributed by atoms with Gasteiger partial charge < -0.3 is 10.2 Å². The molecule has 1 aliphatic rings. The molecule has 1 N–H and O–H groups in total. The highest BCUT2D eigenvalue weighted by Gasteiger charge is 2.25. The third-order valence-corrected chi connectivity index (χ3v) is 4.50. The van der Waals surface area contributed by atoms with Crippen LogP contribution in [0.15, 0.2) is 30.4 Å². The van der Waals surface area contributed by atoms with Gasteiger partial charge in [0.15, 0.2) is 0 Å². The van der Waals surface area contributed by atoms with Gasteiger partial charge in [-0.2, -0.15) is 0 Å². The minimum Gasteiger partial charge on any atom is -0.333 e. The van der Waals surface area contributed by atoms with E-state index in [4.69, 9.17) is 23.2 Å². The predicted molar refractivity (Wildman–Crippen MR) is 93.8 cm³/mol. The van der Waals surface area contributed by atoms with Crippen LogP contribution in [0.3, 0.4) is 0 Å². The molecule has 4 nitrogen and oxygen atoms in total. The Hall–Kier alpha value is -1.52. The van der Waals surface area contributed by atoms with Crippen LogP contribution >= 0.6 is 23.2 Å². The number of likely N-dealkylation sites (N-methyl/N-ethyl adjacent to an activating group) is 1. The molecule has 0 heterocycles. The Kier molecular flexibility index (Phi) is 6.48. The maximum atomic E-state index is 12.5. The average Bonchev–Trinajstić information content (AvgIpc) is 2.56. The highest BCUT2D eigenvalue weighted by atomic mass is 35.5. The SMILES string of the molecule is CCN(CC(=O)Nc1c(Cl)cccc1Cl)C(=O)[C@@H]1CC=CCC1. The van der Waals surface area contributed by atoms with Gasteiger partial charge in [-0.05, 0) is 38.3 Å². The van der Waals surface area contributed by atoms with Gasteiger partial charge in [0.1, 0.15) is 0 Å². The van der Waals surface area contributed by atoms with Gasteiger partial charge in [-0.1, -0.05) is 41.4 Å². The third-order valence-electron chi connectivity index (χ3n) is 3.87. The summed E-state index contributed by atoms with van der Waals surface area (Å²) in [7, 11) is 0. The Bertz CT molecular complexity index is 596. The lowest BCUT2D eigenvalue weighted by molar-refractivity contribution is -0.138. The summed E-state index contributed by atoms with van der Waals surface area (Å²) in [5.41, 5.74) is 0.380. The van der Waals surface area contributed by atoms with Crippen molar-refractivity contribution >= 4 is 40.7 Å². The topological polar surface area (TPSA) is 49.4 Å². The lowest BCUT2D eigenvalue weighted by Gasteiger charge is -2.26. The van der Waals surface area contributed by atoms with E-state index in [9.17, 15) is 9.59 Å². The van der Waals surface area contributed by atoms with Crippen molar-refractivity contribution < 1.29 is 9.59 Å². The second-order valence-electron chi connectivity index (χ2n) is 5.48. The van der Waals surface area contributed by atoms with Gasteiger partial charge in [0.25, 0.3) is 0 Å². The van der Waals surface area contributed by atoms with Crippen LogP contribution in [0.25, 0.3) is 0 Å². The van der Waals surface area contributed by atoms with Crippen LogP contribution in [-0.4, -0.2) is 29.8 Å². The fraction of sp³-hybridized carbons (Fsp3) is 0.412. The first-order valence-corrected chi connectivity index (χ1v) is 8.46. The van der Waals surface area contributed by atoms with Crippen molar-refractivity contribution in [2.45, 2.75) is 26.2 Å². The van der Waals surface area contributed by atoms with Crippen molar-refractivity contribution in [1.82, 2.24) is 4.90 Å². The molecule has 0 bridgehead atoms. The molecule has 2 amide bonds. The summed E-state index contributed by atoms with van der Waals surface area (Å²) < 4.78 is 0. The lowest BCUT2D eigenvalue weighted by atomic mass is 9.93. The predicted octanol–water partition coefficient (Wildman–Crippen LogP) is 4.14. The molecule has 0 unspecified atom stereocenters. The Labute approximate surface area is 146 Å². The van der Waals surface area contributed by atoms with E-state index in [1.54, 1.807) is 23.1 Å². The van der Waals surface area contributed by atoms with Crippen LogP contribution in [0.5, 0.6) is 0 Å². The Morgan fingerprint density at radius 1 is 1.26 bits per heavy atom. The Morgan fingerprint density at radius 2 is 1.96 bits per heavy atom.